The van der Waals surface area contributed by atoms with Crippen molar-refractivity contribution >= 4 is 0 Å². The van der Waals surface area contributed by atoms with Crippen molar-refractivity contribution in [3.05, 3.63) is 18.0 Å². The number of hydrogen-bond acceptors (Lipinski definition) is 3. The van der Waals surface area contributed by atoms with Crippen molar-refractivity contribution in [1.29, 1.82) is 0 Å². The van der Waals surface area contributed by atoms with Crippen molar-refractivity contribution in [3.8, 4) is 0 Å². The molecule has 4 nitrogen and oxygen atoms in total. The molecule has 0 bridgehead atoms. The second-order valence-corrected chi connectivity index (χ2v) is 6.30. The highest BCUT2D eigenvalue weighted by Gasteiger charge is 2.41. The third-order valence-electron chi connectivity index (χ3n) is 4.89. The summed E-state index contributed by atoms with van der Waals surface area (Å²) in [4.78, 5) is 0. The van der Waals surface area contributed by atoms with Gasteiger partial charge in [-0.05, 0) is 39.2 Å². The molecule has 0 aromatic carbocycles. The van der Waals surface area contributed by atoms with Crippen molar-refractivity contribution in [1.82, 2.24) is 9.78 Å². The maximum atomic E-state index is 10.5. The molecule has 1 aromatic heterocycles. The van der Waals surface area contributed by atoms with E-state index in [0.29, 0.717) is 18.4 Å². The molecule has 1 N–H and O–H groups in total. The van der Waals surface area contributed by atoms with E-state index in [2.05, 4.69) is 39.7 Å². The van der Waals surface area contributed by atoms with Crippen LogP contribution in [-0.2, 0) is 11.2 Å². The third-order valence-corrected chi connectivity index (χ3v) is 4.89. The molecule has 6 unspecified atom stereocenters. The first-order chi connectivity index (χ1) is 9.43. The summed E-state index contributed by atoms with van der Waals surface area (Å²) in [6.45, 7) is 10.6. The van der Waals surface area contributed by atoms with E-state index in [0.717, 1.165) is 12.1 Å². The lowest BCUT2D eigenvalue weighted by molar-refractivity contribution is 0.0236. The molecule has 0 aliphatic carbocycles. The van der Waals surface area contributed by atoms with Gasteiger partial charge in [0, 0.05) is 24.6 Å². The first kappa shape index (κ1) is 15.5. The van der Waals surface area contributed by atoms with Gasteiger partial charge in [-0.3, -0.25) is 4.68 Å². The fraction of sp³-hybridized carbons (Fsp3) is 0.812. The first-order valence-corrected chi connectivity index (χ1v) is 7.81. The molecule has 4 heteroatoms. The topological polar surface area (TPSA) is 47.3 Å². The minimum atomic E-state index is -0.384. The molecular weight excluding hydrogens is 252 g/mol. The fourth-order valence-corrected chi connectivity index (χ4v) is 3.23. The predicted octanol–water partition coefficient (Wildman–Crippen LogP) is 2.82. The SMILES string of the molecule is CCC(C)n1ccc(CC(O)C2C(C)OC(C)C2C)n1. The van der Waals surface area contributed by atoms with E-state index in [1.807, 2.05) is 16.9 Å². The zero-order valence-electron chi connectivity index (χ0n) is 13.3. The van der Waals surface area contributed by atoms with E-state index in [4.69, 9.17) is 4.74 Å². The van der Waals surface area contributed by atoms with E-state index in [-0.39, 0.29) is 24.2 Å². The number of aliphatic hydroxyl groups excluding tert-OH is 1. The van der Waals surface area contributed by atoms with Crippen LogP contribution in [0.5, 0.6) is 0 Å². The van der Waals surface area contributed by atoms with Crippen LogP contribution in [0.4, 0.5) is 0 Å². The summed E-state index contributed by atoms with van der Waals surface area (Å²) in [5, 5.41) is 15.1. The highest BCUT2D eigenvalue weighted by molar-refractivity contribution is 5.03. The summed E-state index contributed by atoms with van der Waals surface area (Å²) >= 11 is 0. The van der Waals surface area contributed by atoms with Crippen molar-refractivity contribution in [2.75, 3.05) is 0 Å². The molecule has 20 heavy (non-hydrogen) atoms. The second kappa shape index (κ2) is 6.27. The number of ether oxygens (including phenoxy) is 1. The summed E-state index contributed by atoms with van der Waals surface area (Å²) in [7, 11) is 0. The lowest BCUT2D eigenvalue weighted by Gasteiger charge is -2.24. The van der Waals surface area contributed by atoms with Gasteiger partial charge in [0.05, 0.1) is 24.0 Å². The lowest BCUT2D eigenvalue weighted by Crippen LogP contribution is -2.32. The Morgan fingerprint density at radius 2 is 2.05 bits per heavy atom. The van der Waals surface area contributed by atoms with Crippen LogP contribution < -0.4 is 0 Å². The maximum absolute atomic E-state index is 10.5. The van der Waals surface area contributed by atoms with Crippen molar-refractivity contribution in [2.24, 2.45) is 11.8 Å². The van der Waals surface area contributed by atoms with E-state index in [1.54, 1.807) is 0 Å². The second-order valence-electron chi connectivity index (χ2n) is 6.30. The normalized spacial score (nSPS) is 33.3. The van der Waals surface area contributed by atoms with Gasteiger partial charge < -0.3 is 9.84 Å². The van der Waals surface area contributed by atoms with Gasteiger partial charge >= 0.3 is 0 Å². The summed E-state index contributed by atoms with van der Waals surface area (Å²) in [6, 6.07) is 2.43. The van der Waals surface area contributed by atoms with E-state index in [9.17, 15) is 5.11 Å². The van der Waals surface area contributed by atoms with Crippen LogP contribution in [0.25, 0.3) is 0 Å². The van der Waals surface area contributed by atoms with Crippen LogP contribution in [0.2, 0.25) is 0 Å². The summed E-state index contributed by atoms with van der Waals surface area (Å²) in [5.41, 5.74) is 0.969. The number of hydrogen-bond donors (Lipinski definition) is 1. The molecule has 2 rings (SSSR count). The largest absolute Gasteiger partial charge is 0.392 e. The van der Waals surface area contributed by atoms with Crippen LogP contribution in [-0.4, -0.2) is 33.2 Å². The number of rotatable bonds is 5. The van der Waals surface area contributed by atoms with Crippen LogP contribution >= 0.6 is 0 Å². The Labute approximate surface area is 122 Å². The van der Waals surface area contributed by atoms with Crippen LogP contribution in [0.1, 0.15) is 52.8 Å². The van der Waals surface area contributed by atoms with Crippen molar-refractivity contribution in [2.45, 2.75) is 71.8 Å². The monoisotopic (exact) mass is 280 g/mol. The number of nitrogens with zero attached hydrogens (tertiary/aromatic N) is 2. The highest BCUT2D eigenvalue weighted by atomic mass is 16.5. The maximum Gasteiger partial charge on any atom is 0.0652 e. The molecule has 0 amide bonds. The molecule has 0 saturated carbocycles. The Kier molecular flexibility index (Phi) is 4.86. The summed E-state index contributed by atoms with van der Waals surface area (Å²) in [5.74, 6) is 0.579. The minimum absolute atomic E-state index is 0.117. The molecular formula is C16H28N2O2. The Morgan fingerprint density at radius 3 is 2.60 bits per heavy atom. The number of aliphatic hydroxyl groups is 1. The van der Waals surface area contributed by atoms with Gasteiger partial charge in [-0.15, -0.1) is 0 Å². The van der Waals surface area contributed by atoms with Crippen LogP contribution in [0.15, 0.2) is 12.3 Å². The van der Waals surface area contributed by atoms with Gasteiger partial charge in [0.25, 0.3) is 0 Å². The average molecular weight is 280 g/mol. The minimum Gasteiger partial charge on any atom is -0.392 e. The molecule has 0 radical (unpaired) electrons. The molecule has 114 valence electrons. The van der Waals surface area contributed by atoms with Gasteiger partial charge in [-0.2, -0.15) is 5.10 Å². The van der Waals surface area contributed by atoms with Gasteiger partial charge in [-0.1, -0.05) is 13.8 Å². The Bertz CT molecular complexity index is 432. The lowest BCUT2D eigenvalue weighted by atomic mass is 9.83. The van der Waals surface area contributed by atoms with Crippen molar-refractivity contribution < 1.29 is 9.84 Å². The average Bonchev–Trinajstić information content (AvgIpc) is 2.94. The molecule has 1 aliphatic rings. The first-order valence-electron chi connectivity index (χ1n) is 7.81. The predicted molar refractivity (Wildman–Crippen MR) is 79.6 cm³/mol. The van der Waals surface area contributed by atoms with E-state index >= 15 is 0 Å². The standard InChI is InChI=1S/C16H28N2O2/c1-6-10(2)18-8-7-14(17-18)9-15(19)16-11(3)12(4)20-13(16)5/h7-8,10-13,15-16,19H,6,9H2,1-5H3. The highest BCUT2D eigenvalue weighted by Crippen LogP contribution is 2.35. The van der Waals surface area contributed by atoms with Gasteiger partial charge in [0.15, 0.2) is 0 Å². The van der Waals surface area contributed by atoms with Crippen LogP contribution in [0, 0.1) is 11.8 Å². The molecule has 1 aliphatic heterocycles. The molecule has 1 fully saturated rings. The zero-order valence-corrected chi connectivity index (χ0v) is 13.3. The van der Waals surface area contributed by atoms with E-state index in [1.165, 1.54) is 0 Å². The van der Waals surface area contributed by atoms with Gasteiger partial charge in [0.1, 0.15) is 0 Å². The Hall–Kier alpha value is -0.870. The van der Waals surface area contributed by atoms with Crippen molar-refractivity contribution in [3.63, 3.8) is 0 Å². The molecule has 0 spiro atoms. The van der Waals surface area contributed by atoms with Gasteiger partial charge in [0.2, 0.25) is 0 Å². The summed E-state index contributed by atoms with van der Waals surface area (Å²) < 4.78 is 7.81. The zero-order chi connectivity index (χ0) is 14.9. The quantitative estimate of drug-likeness (QED) is 0.902. The molecule has 1 saturated heterocycles. The van der Waals surface area contributed by atoms with Crippen LogP contribution in [0.3, 0.4) is 0 Å². The molecule has 1 aromatic rings. The smallest absolute Gasteiger partial charge is 0.0652 e. The Morgan fingerprint density at radius 1 is 1.35 bits per heavy atom. The molecule has 6 atom stereocenters. The van der Waals surface area contributed by atoms with E-state index < -0.39 is 0 Å². The molecule has 2 heterocycles. The number of aromatic nitrogens is 2. The third kappa shape index (κ3) is 3.07. The van der Waals surface area contributed by atoms with Gasteiger partial charge in [-0.25, -0.2) is 0 Å². The Balaban J connectivity index is 2.01. The summed E-state index contributed by atoms with van der Waals surface area (Å²) in [6.07, 6.45) is 3.64. The fourth-order valence-electron chi connectivity index (χ4n) is 3.23.